The molecule has 2 atom stereocenters. The minimum absolute atomic E-state index is 0.00527. The molecule has 0 heterocycles. The number of halogens is 6. The first-order chi connectivity index (χ1) is 14.8. The summed E-state index contributed by atoms with van der Waals surface area (Å²) in [6, 6.07) is 12.2. The quantitative estimate of drug-likeness (QED) is 0.441. The summed E-state index contributed by atoms with van der Waals surface area (Å²) in [5.41, 5.74) is -6.29. The predicted molar refractivity (Wildman–Crippen MR) is 113 cm³/mol. The molecule has 0 radical (unpaired) electrons. The molecular formula is C24H26F6O3. The van der Waals surface area contributed by atoms with Gasteiger partial charge in [0.05, 0.1) is 0 Å². The van der Waals surface area contributed by atoms with Gasteiger partial charge < -0.3 is 15.3 Å². The highest BCUT2D eigenvalue weighted by molar-refractivity contribution is 5.68. The molecule has 2 rings (SSSR count). The molecule has 9 heteroatoms. The zero-order valence-electron chi connectivity index (χ0n) is 18.5. The lowest BCUT2D eigenvalue weighted by molar-refractivity contribution is -0.250. The van der Waals surface area contributed by atoms with Gasteiger partial charge in [0.2, 0.25) is 0 Å². The molecule has 0 aliphatic carbocycles. The molecule has 0 saturated heterocycles. The minimum atomic E-state index is -5.14. The molecular weight excluding hydrogens is 450 g/mol. The molecule has 0 bridgehead atoms. The highest BCUT2D eigenvalue weighted by atomic mass is 19.4. The van der Waals surface area contributed by atoms with Crippen LogP contribution in [0.15, 0.2) is 54.6 Å². The Morgan fingerprint density at radius 3 is 1.55 bits per heavy atom. The molecule has 0 aromatic heterocycles. The summed E-state index contributed by atoms with van der Waals surface area (Å²) in [6.45, 7) is 4.63. The molecule has 33 heavy (non-hydrogen) atoms. The van der Waals surface area contributed by atoms with Gasteiger partial charge in [0.25, 0.3) is 0 Å². The number of aliphatic hydroxyl groups is 2. The summed E-state index contributed by atoms with van der Waals surface area (Å²) in [4.78, 5) is 0. The van der Waals surface area contributed by atoms with E-state index in [-0.39, 0.29) is 11.3 Å². The van der Waals surface area contributed by atoms with Crippen molar-refractivity contribution in [3.63, 3.8) is 0 Å². The van der Waals surface area contributed by atoms with Gasteiger partial charge in [-0.2, -0.15) is 26.3 Å². The van der Waals surface area contributed by atoms with Crippen LogP contribution in [0, 0.1) is 0 Å². The number of rotatable bonds is 6. The lowest BCUT2D eigenvalue weighted by Gasteiger charge is -2.30. The van der Waals surface area contributed by atoms with Gasteiger partial charge in [-0.3, -0.25) is 0 Å². The predicted octanol–water partition coefficient (Wildman–Crippen LogP) is 6.12. The number of aromatic hydroxyl groups is 1. The van der Waals surface area contributed by atoms with Crippen LogP contribution in [0.1, 0.15) is 50.8 Å². The second-order valence-electron chi connectivity index (χ2n) is 9.01. The molecule has 2 aromatic rings. The van der Waals surface area contributed by atoms with E-state index in [1.54, 1.807) is 24.3 Å². The Morgan fingerprint density at radius 1 is 0.727 bits per heavy atom. The third-order valence-electron chi connectivity index (χ3n) is 5.74. The third-order valence-corrected chi connectivity index (χ3v) is 5.74. The van der Waals surface area contributed by atoms with E-state index >= 15 is 0 Å². The highest BCUT2D eigenvalue weighted by Gasteiger charge is 2.52. The maximum Gasteiger partial charge on any atom is 0.420 e. The molecule has 3 N–H and O–H groups in total. The molecule has 182 valence electrons. The minimum Gasteiger partial charge on any atom is -0.508 e. The van der Waals surface area contributed by atoms with E-state index < -0.39 is 41.0 Å². The first kappa shape index (κ1) is 26.7. The number of phenols is 1. The topological polar surface area (TPSA) is 60.7 Å². The van der Waals surface area contributed by atoms with Gasteiger partial charge in [-0.15, -0.1) is 0 Å². The van der Waals surface area contributed by atoms with E-state index in [0.29, 0.717) is 25.5 Å². The van der Waals surface area contributed by atoms with Gasteiger partial charge in [0, 0.05) is 11.8 Å². The van der Waals surface area contributed by atoms with E-state index in [0.717, 1.165) is 5.56 Å². The zero-order valence-corrected chi connectivity index (χ0v) is 18.5. The second-order valence-corrected chi connectivity index (χ2v) is 9.01. The van der Waals surface area contributed by atoms with Gasteiger partial charge in [0.15, 0.2) is 11.2 Å². The summed E-state index contributed by atoms with van der Waals surface area (Å²) in [6.07, 6.45) is -11.1. The van der Waals surface area contributed by atoms with Crippen LogP contribution in [0.3, 0.4) is 0 Å². The Labute approximate surface area is 188 Å². The average molecular weight is 476 g/mol. The van der Waals surface area contributed by atoms with Crippen LogP contribution in [0.25, 0.3) is 5.57 Å². The maximum atomic E-state index is 13.2. The molecule has 2 aromatic carbocycles. The number of phenolic OH excluding ortho intramolecular Hbond substituents is 1. The Morgan fingerprint density at radius 2 is 1.15 bits per heavy atom. The van der Waals surface area contributed by atoms with Crippen LogP contribution in [0.5, 0.6) is 5.75 Å². The van der Waals surface area contributed by atoms with Gasteiger partial charge in [-0.1, -0.05) is 50.2 Å². The summed E-state index contributed by atoms with van der Waals surface area (Å²) < 4.78 is 79.3. The second kappa shape index (κ2) is 8.68. The SMILES string of the molecule is CC(C)(c1ccc(O)cc1)c1ccc(/C(=C/C(C)(O)C(F)(F)F)CC(C)(O)C(F)(F)F)cc1. The molecule has 0 spiro atoms. The van der Waals surface area contributed by atoms with Gasteiger partial charge in [-0.25, -0.2) is 0 Å². The van der Waals surface area contributed by atoms with E-state index in [4.69, 9.17) is 0 Å². The van der Waals surface area contributed by atoms with Gasteiger partial charge in [0.1, 0.15) is 5.75 Å². The summed E-state index contributed by atoms with van der Waals surface area (Å²) >= 11 is 0. The van der Waals surface area contributed by atoms with E-state index in [1.165, 1.54) is 24.3 Å². The monoisotopic (exact) mass is 476 g/mol. The maximum absolute atomic E-state index is 13.2. The molecule has 0 aliphatic heterocycles. The van der Waals surface area contributed by atoms with Crippen molar-refractivity contribution in [2.24, 2.45) is 0 Å². The molecule has 0 saturated carbocycles. The molecule has 0 aliphatic rings. The third kappa shape index (κ3) is 5.89. The number of hydrogen-bond donors (Lipinski definition) is 3. The van der Waals surface area contributed by atoms with Gasteiger partial charge in [-0.05, 0) is 54.3 Å². The summed E-state index contributed by atoms with van der Waals surface area (Å²) in [7, 11) is 0. The van der Waals surface area contributed by atoms with Crippen LogP contribution in [-0.4, -0.2) is 38.9 Å². The van der Waals surface area contributed by atoms with Crippen molar-refractivity contribution in [2.75, 3.05) is 0 Å². The first-order valence-electron chi connectivity index (χ1n) is 9.98. The molecule has 0 amide bonds. The lowest BCUT2D eigenvalue weighted by atomic mass is 9.77. The number of benzene rings is 2. The number of alkyl halides is 6. The Kier molecular flexibility index (Phi) is 7.03. The highest BCUT2D eigenvalue weighted by Crippen LogP contribution is 2.41. The Bertz CT molecular complexity index is 983. The van der Waals surface area contributed by atoms with Crippen molar-refractivity contribution < 1.29 is 41.7 Å². The van der Waals surface area contributed by atoms with Crippen LogP contribution in [-0.2, 0) is 5.41 Å². The fourth-order valence-electron chi connectivity index (χ4n) is 3.27. The van der Waals surface area contributed by atoms with Crippen LogP contribution < -0.4 is 0 Å². The normalized spacial score (nSPS) is 17.4. The average Bonchev–Trinajstić information content (AvgIpc) is 2.66. The number of hydrogen-bond acceptors (Lipinski definition) is 3. The van der Waals surface area contributed by atoms with E-state index in [1.807, 2.05) is 13.8 Å². The first-order valence-corrected chi connectivity index (χ1v) is 9.98. The fourth-order valence-corrected chi connectivity index (χ4v) is 3.27. The fraction of sp³-hybridized carbons (Fsp3) is 0.417. The van der Waals surface area contributed by atoms with Gasteiger partial charge >= 0.3 is 12.4 Å². The standard InChI is InChI=1S/C24H26F6O3/c1-20(2,18-9-11-19(31)12-10-18)17-7-5-15(6-8-17)16(13-21(3,32)23(25,26)27)14-22(4,33)24(28,29)30/h5-13,31-33H,14H2,1-4H3/b16-13+. The van der Waals surface area contributed by atoms with Crippen LogP contribution in [0.4, 0.5) is 26.3 Å². The van der Waals surface area contributed by atoms with Crippen molar-refractivity contribution in [3.8, 4) is 5.75 Å². The van der Waals surface area contributed by atoms with Crippen molar-refractivity contribution in [1.82, 2.24) is 0 Å². The van der Waals surface area contributed by atoms with Crippen molar-refractivity contribution in [3.05, 3.63) is 71.3 Å². The van der Waals surface area contributed by atoms with E-state index in [9.17, 15) is 41.7 Å². The molecule has 2 unspecified atom stereocenters. The van der Waals surface area contributed by atoms with Crippen LogP contribution in [0.2, 0.25) is 0 Å². The Balaban J connectivity index is 2.53. The van der Waals surface area contributed by atoms with Crippen molar-refractivity contribution in [1.29, 1.82) is 0 Å². The largest absolute Gasteiger partial charge is 0.508 e. The Hall–Kier alpha value is -2.52. The van der Waals surface area contributed by atoms with Crippen molar-refractivity contribution in [2.45, 2.75) is 63.1 Å². The van der Waals surface area contributed by atoms with Crippen LogP contribution >= 0.6 is 0 Å². The van der Waals surface area contributed by atoms with Crippen molar-refractivity contribution >= 4 is 5.57 Å². The smallest absolute Gasteiger partial charge is 0.420 e. The molecule has 0 fully saturated rings. The molecule has 3 nitrogen and oxygen atoms in total. The van der Waals surface area contributed by atoms with E-state index in [2.05, 4.69) is 0 Å². The summed E-state index contributed by atoms with van der Waals surface area (Å²) in [5, 5.41) is 29.2. The lowest BCUT2D eigenvalue weighted by Crippen LogP contribution is -2.43. The summed E-state index contributed by atoms with van der Waals surface area (Å²) in [5.74, 6) is 0.0770. The zero-order chi connectivity index (χ0) is 25.5.